The molecule has 0 unspecified atom stereocenters. The van der Waals surface area contributed by atoms with Gasteiger partial charge >= 0.3 is 5.91 Å². The molecule has 2 saturated heterocycles. The van der Waals surface area contributed by atoms with Gasteiger partial charge in [-0.15, -0.1) is 0 Å². The van der Waals surface area contributed by atoms with E-state index in [1.54, 1.807) is 6.07 Å². The largest absolute Gasteiger partial charge is 0.317 e. The van der Waals surface area contributed by atoms with Gasteiger partial charge in [0.15, 0.2) is 0 Å². The maximum atomic E-state index is 10.5. The van der Waals surface area contributed by atoms with Gasteiger partial charge in [-0.2, -0.15) is 0 Å². The van der Waals surface area contributed by atoms with E-state index >= 15 is 0 Å². The van der Waals surface area contributed by atoms with Crippen molar-refractivity contribution >= 4 is 5.91 Å². The topological polar surface area (TPSA) is 99.2 Å². The molecule has 0 radical (unpaired) electrons. The summed E-state index contributed by atoms with van der Waals surface area (Å²) in [5.74, 6) is -0.759. The molecule has 1 amide bonds. The minimum Gasteiger partial charge on any atom is -0.317 e. The van der Waals surface area contributed by atoms with Gasteiger partial charge in [0.1, 0.15) is 0 Å². The second-order valence-electron chi connectivity index (χ2n) is 5.19. The van der Waals surface area contributed by atoms with Gasteiger partial charge < -0.3 is 10.6 Å². The average Bonchev–Trinajstić information content (AvgIpc) is 2.96. The Balaban J connectivity index is 0.000000147. The third-order valence-corrected chi connectivity index (χ3v) is 3.87. The molecule has 4 N–H and O–H groups in total. The number of hydrogen-bond donors (Lipinski definition) is 4. The van der Waals surface area contributed by atoms with Crippen LogP contribution in [-0.4, -0.2) is 47.3 Å². The Bertz CT molecular complexity index is 412. The summed E-state index contributed by atoms with van der Waals surface area (Å²) in [5, 5.41) is 15.0. The van der Waals surface area contributed by atoms with Crippen molar-refractivity contribution in [3.8, 4) is 0 Å². The SMILES string of the molecule is C1CC2(CCN1)CCNC2.O=C(NO)c1ncccn1. The molecule has 110 valence electrons. The highest BCUT2D eigenvalue weighted by atomic mass is 16.5. The summed E-state index contributed by atoms with van der Waals surface area (Å²) in [6.07, 6.45) is 7.02. The summed E-state index contributed by atoms with van der Waals surface area (Å²) < 4.78 is 0. The minimum atomic E-state index is -0.708. The average molecular weight is 279 g/mol. The summed E-state index contributed by atoms with van der Waals surface area (Å²) in [6, 6.07) is 1.58. The number of piperidine rings is 1. The molecule has 2 fully saturated rings. The van der Waals surface area contributed by atoms with Crippen molar-refractivity contribution in [2.24, 2.45) is 5.41 Å². The zero-order chi connectivity index (χ0) is 14.3. The van der Waals surface area contributed by atoms with Crippen molar-refractivity contribution < 1.29 is 10.0 Å². The van der Waals surface area contributed by atoms with Crippen molar-refractivity contribution in [2.75, 3.05) is 26.2 Å². The molecule has 0 aliphatic carbocycles. The third kappa shape index (κ3) is 3.96. The van der Waals surface area contributed by atoms with Gasteiger partial charge in [0.2, 0.25) is 5.82 Å². The van der Waals surface area contributed by atoms with E-state index in [2.05, 4.69) is 20.6 Å². The lowest BCUT2D eigenvalue weighted by Gasteiger charge is -2.32. The van der Waals surface area contributed by atoms with Crippen molar-refractivity contribution in [3.63, 3.8) is 0 Å². The van der Waals surface area contributed by atoms with Crippen LogP contribution in [0.1, 0.15) is 29.9 Å². The summed E-state index contributed by atoms with van der Waals surface area (Å²) in [5.41, 5.74) is 2.12. The zero-order valence-electron chi connectivity index (χ0n) is 11.4. The van der Waals surface area contributed by atoms with Crippen LogP contribution in [0.5, 0.6) is 0 Å². The number of nitrogens with one attached hydrogen (secondary N) is 3. The number of hydrogen-bond acceptors (Lipinski definition) is 6. The molecule has 1 spiro atoms. The fraction of sp³-hybridized carbons (Fsp3) is 0.615. The maximum absolute atomic E-state index is 10.5. The molecule has 7 heteroatoms. The Labute approximate surface area is 118 Å². The number of hydroxylamine groups is 1. The molecular formula is C13H21N5O2. The Morgan fingerprint density at radius 2 is 1.75 bits per heavy atom. The third-order valence-electron chi connectivity index (χ3n) is 3.87. The molecule has 2 aliphatic heterocycles. The Morgan fingerprint density at radius 3 is 2.30 bits per heavy atom. The van der Waals surface area contributed by atoms with E-state index in [9.17, 15) is 4.79 Å². The molecule has 0 atom stereocenters. The van der Waals surface area contributed by atoms with Gasteiger partial charge in [0.25, 0.3) is 0 Å². The van der Waals surface area contributed by atoms with Gasteiger partial charge in [-0.1, -0.05) is 0 Å². The maximum Gasteiger partial charge on any atom is 0.312 e. The normalized spacial score (nSPS) is 20.1. The van der Waals surface area contributed by atoms with Crippen LogP contribution in [0.15, 0.2) is 18.5 Å². The predicted molar refractivity (Wildman–Crippen MR) is 73.3 cm³/mol. The van der Waals surface area contributed by atoms with Crippen LogP contribution in [0, 0.1) is 5.41 Å². The predicted octanol–water partition coefficient (Wildman–Crippen LogP) is -0.0549. The number of carbonyl (C=O) groups excluding carboxylic acids is 1. The standard InChI is InChI=1S/C8H16N2.C5H5N3O2/c1-4-9-5-2-8(1)3-6-10-7-8;9-5(8-10)4-6-2-1-3-7-4/h9-10H,1-7H2;1-3,10H,(H,8,9). The second kappa shape index (κ2) is 7.28. The molecule has 1 aromatic heterocycles. The van der Waals surface area contributed by atoms with Crippen LogP contribution < -0.4 is 16.1 Å². The molecule has 2 aliphatic rings. The molecule has 0 aromatic carbocycles. The molecule has 3 heterocycles. The fourth-order valence-corrected chi connectivity index (χ4v) is 2.65. The Morgan fingerprint density at radius 1 is 1.15 bits per heavy atom. The van der Waals surface area contributed by atoms with E-state index in [0.717, 1.165) is 0 Å². The number of amides is 1. The van der Waals surface area contributed by atoms with Crippen LogP contribution >= 0.6 is 0 Å². The van der Waals surface area contributed by atoms with Crippen LogP contribution in [0.3, 0.4) is 0 Å². The van der Waals surface area contributed by atoms with Gasteiger partial charge in [0, 0.05) is 18.9 Å². The van der Waals surface area contributed by atoms with Crippen LogP contribution in [0.4, 0.5) is 0 Å². The van der Waals surface area contributed by atoms with E-state index in [4.69, 9.17) is 5.21 Å². The van der Waals surface area contributed by atoms with E-state index in [1.165, 1.54) is 63.3 Å². The molecule has 0 bridgehead atoms. The zero-order valence-corrected chi connectivity index (χ0v) is 11.4. The number of nitrogens with zero attached hydrogens (tertiary/aromatic N) is 2. The first-order valence-corrected chi connectivity index (χ1v) is 6.89. The summed E-state index contributed by atoms with van der Waals surface area (Å²) in [4.78, 5) is 17.7. The highest BCUT2D eigenvalue weighted by Crippen LogP contribution is 2.34. The first kappa shape index (κ1) is 14.8. The minimum absolute atomic E-state index is 0.0509. The van der Waals surface area contributed by atoms with E-state index in [1.807, 2.05) is 0 Å². The molecular weight excluding hydrogens is 258 g/mol. The fourth-order valence-electron chi connectivity index (χ4n) is 2.65. The monoisotopic (exact) mass is 279 g/mol. The van der Waals surface area contributed by atoms with Crippen LogP contribution in [0.25, 0.3) is 0 Å². The molecule has 1 aromatic rings. The van der Waals surface area contributed by atoms with Gasteiger partial charge in [0.05, 0.1) is 0 Å². The first-order chi connectivity index (χ1) is 9.76. The number of carbonyl (C=O) groups is 1. The lowest BCUT2D eigenvalue weighted by molar-refractivity contribution is 0.0694. The van der Waals surface area contributed by atoms with Crippen LogP contribution in [0.2, 0.25) is 0 Å². The van der Waals surface area contributed by atoms with Crippen molar-refractivity contribution in [1.29, 1.82) is 0 Å². The van der Waals surface area contributed by atoms with Crippen molar-refractivity contribution in [2.45, 2.75) is 19.3 Å². The first-order valence-electron chi connectivity index (χ1n) is 6.89. The lowest BCUT2D eigenvalue weighted by Crippen LogP contribution is -2.37. The Kier molecular flexibility index (Phi) is 5.40. The van der Waals surface area contributed by atoms with Crippen LogP contribution in [-0.2, 0) is 0 Å². The highest BCUT2D eigenvalue weighted by Gasteiger charge is 2.34. The molecule has 7 nitrogen and oxygen atoms in total. The van der Waals surface area contributed by atoms with E-state index < -0.39 is 5.91 Å². The van der Waals surface area contributed by atoms with Gasteiger partial charge in [-0.05, 0) is 50.4 Å². The van der Waals surface area contributed by atoms with Crippen molar-refractivity contribution in [1.82, 2.24) is 26.1 Å². The summed E-state index contributed by atoms with van der Waals surface area (Å²) >= 11 is 0. The number of aromatic nitrogens is 2. The smallest absolute Gasteiger partial charge is 0.312 e. The molecule has 20 heavy (non-hydrogen) atoms. The van der Waals surface area contributed by atoms with E-state index in [0.29, 0.717) is 5.41 Å². The molecule has 3 rings (SSSR count). The van der Waals surface area contributed by atoms with Crippen molar-refractivity contribution in [3.05, 3.63) is 24.3 Å². The van der Waals surface area contributed by atoms with Gasteiger partial charge in [-0.3, -0.25) is 10.0 Å². The summed E-state index contributed by atoms with van der Waals surface area (Å²) in [7, 11) is 0. The van der Waals surface area contributed by atoms with Gasteiger partial charge in [-0.25, -0.2) is 15.4 Å². The quantitative estimate of drug-likeness (QED) is 0.425. The van der Waals surface area contributed by atoms with E-state index in [-0.39, 0.29) is 5.82 Å². The summed E-state index contributed by atoms with van der Waals surface area (Å²) in [6.45, 7) is 5.00. The Hall–Kier alpha value is -1.57. The molecule has 0 saturated carbocycles. The second-order valence-corrected chi connectivity index (χ2v) is 5.19. The highest BCUT2D eigenvalue weighted by molar-refractivity contribution is 5.89. The lowest BCUT2D eigenvalue weighted by atomic mass is 9.78. The number of rotatable bonds is 1.